The summed E-state index contributed by atoms with van der Waals surface area (Å²) in [7, 11) is 0. The molecule has 2 amide bonds. The van der Waals surface area contributed by atoms with Crippen molar-refractivity contribution in [2.24, 2.45) is 0 Å². The van der Waals surface area contributed by atoms with E-state index in [9.17, 15) is 14.0 Å². The van der Waals surface area contributed by atoms with E-state index < -0.39 is 5.82 Å². The molecule has 3 heterocycles. The quantitative estimate of drug-likeness (QED) is 0.772. The predicted molar refractivity (Wildman–Crippen MR) is 98.6 cm³/mol. The van der Waals surface area contributed by atoms with Crippen LogP contribution in [0.1, 0.15) is 29.7 Å². The van der Waals surface area contributed by atoms with Crippen molar-refractivity contribution < 1.29 is 14.0 Å². The molecule has 26 heavy (non-hydrogen) atoms. The third-order valence-electron chi connectivity index (χ3n) is 4.87. The van der Waals surface area contributed by atoms with Gasteiger partial charge in [-0.15, -0.1) is 11.3 Å². The number of hydrogen-bond donors (Lipinski definition) is 0. The van der Waals surface area contributed by atoms with Crippen LogP contribution < -0.4 is 0 Å². The van der Waals surface area contributed by atoms with Crippen LogP contribution in [0.15, 0.2) is 47.5 Å². The van der Waals surface area contributed by atoms with Crippen LogP contribution in [-0.4, -0.2) is 34.7 Å². The van der Waals surface area contributed by atoms with Gasteiger partial charge >= 0.3 is 0 Å². The zero-order valence-corrected chi connectivity index (χ0v) is 15.1. The molecular formula is C20H19FN2O2S. The Labute approximate surface area is 155 Å². The molecular weight excluding hydrogens is 351 g/mol. The zero-order valence-electron chi connectivity index (χ0n) is 14.3. The molecule has 2 aliphatic rings. The van der Waals surface area contributed by atoms with Crippen LogP contribution in [-0.2, 0) is 16.1 Å². The number of carbonyl (C=O) groups excluding carboxylic acids is 2. The van der Waals surface area contributed by atoms with E-state index in [1.54, 1.807) is 18.2 Å². The summed E-state index contributed by atoms with van der Waals surface area (Å²) in [6.45, 7) is 1.50. The summed E-state index contributed by atoms with van der Waals surface area (Å²) in [5.74, 6) is -1.05. The normalized spacial score (nSPS) is 18.2. The highest BCUT2D eigenvalue weighted by Crippen LogP contribution is 2.35. The van der Waals surface area contributed by atoms with E-state index >= 15 is 0 Å². The highest BCUT2D eigenvalue weighted by Gasteiger charge is 2.42. The third-order valence-corrected chi connectivity index (χ3v) is 5.76. The topological polar surface area (TPSA) is 40.6 Å². The summed E-state index contributed by atoms with van der Waals surface area (Å²) in [6, 6.07) is 10.0. The number of carbonyl (C=O) groups is 2. The minimum Gasteiger partial charge on any atom is -0.366 e. The number of likely N-dealkylation sites (tertiary alicyclic amines) is 1. The van der Waals surface area contributed by atoms with Crippen molar-refractivity contribution >= 4 is 28.7 Å². The van der Waals surface area contributed by atoms with Crippen LogP contribution in [0.5, 0.6) is 0 Å². The Morgan fingerprint density at radius 3 is 2.42 bits per heavy atom. The molecule has 2 aromatic rings. The average molecular weight is 370 g/mol. The summed E-state index contributed by atoms with van der Waals surface area (Å²) in [4.78, 5) is 30.2. The van der Waals surface area contributed by atoms with Crippen molar-refractivity contribution in [3.05, 3.63) is 63.7 Å². The number of imide groups is 1. The van der Waals surface area contributed by atoms with Crippen molar-refractivity contribution in [2.75, 3.05) is 13.1 Å². The Hall–Kier alpha value is -2.47. The fourth-order valence-electron chi connectivity index (χ4n) is 3.56. The number of halogens is 1. The summed E-state index contributed by atoms with van der Waals surface area (Å²) in [5.41, 5.74) is 1.29. The monoisotopic (exact) mass is 370 g/mol. The van der Waals surface area contributed by atoms with Crippen LogP contribution in [0.25, 0.3) is 5.57 Å². The van der Waals surface area contributed by atoms with Gasteiger partial charge in [0.2, 0.25) is 0 Å². The largest absolute Gasteiger partial charge is 0.366 e. The molecule has 0 bridgehead atoms. The van der Waals surface area contributed by atoms with E-state index in [0.29, 0.717) is 16.8 Å². The van der Waals surface area contributed by atoms with E-state index in [2.05, 4.69) is 0 Å². The molecule has 4 rings (SSSR count). The molecule has 4 nitrogen and oxygen atoms in total. The van der Waals surface area contributed by atoms with Crippen molar-refractivity contribution in [3.63, 3.8) is 0 Å². The maximum atomic E-state index is 14.0. The number of hydrogen-bond acceptors (Lipinski definition) is 4. The lowest BCUT2D eigenvalue weighted by Gasteiger charge is -2.29. The number of amides is 2. The molecule has 134 valence electrons. The first-order chi connectivity index (χ1) is 12.7. The van der Waals surface area contributed by atoms with Crippen molar-refractivity contribution in [3.8, 4) is 0 Å². The molecule has 1 aromatic heterocycles. The molecule has 1 fully saturated rings. The van der Waals surface area contributed by atoms with Crippen molar-refractivity contribution in [1.29, 1.82) is 0 Å². The molecule has 0 atom stereocenters. The lowest BCUT2D eigenvalue weighted by Crippen LogP contribution is -2.37. The molecule has 2 aliphatic heterocycles. The first-order valence-corrected chi connectivity index (χ1v) is 9.67. The SMILES string of the molecule is O=C1C(c2cccs2)=C(N2CCCCC2)C(=O)N1Cc1ccccc1F. The molecule has 0 unspecified atom stereocenters. The van der Waals surface area contributed by atoms with Gasteiger partial charge in [-0.2, -0.15) is 0 Å². The molecule has 6 heteroatoms. The second kappa shape index (κ2) is 7.03. The summed E-state index contributed by atoms with van der Waals surface area (Å²) < 4.78 is 14.0. The number of nitrogens with zero attached hydrogens (tertiary/aromatic N) is 2. The van der Waals surface area contributed by atoms with Gasteiger partial charge in [0.05, 0.1) is 12.1 Å². The van der Waals surface area contributed by atoms with Gasteiger partial charge in [0, 0.05) is 23.5 Å². The van der Waals surface area contributed by atoms with Crippen LogP contribution in [0.3, 0.4) is 0 Å². The van der Waals surface area contributed by atoms with Gasteiger partial charge in [0.15, 0.2) is 0 Å². The highest BCUT2D eigenvalue weighted by molar-refractivity contribution is 7.11. The molecule has 0 aliphatic carbocycles. The Morgan fingerprint density at radius 1 is 0.962 bits per heavy atom. The molecule has 0 radical (unpaired) electrons. The standard InChI is InChI=1S/C20H19FN2O2S/c21-15-8-3-2-7-14(15)13-23-19(24)17(16-9-6-12-26-16)18(20(23)25)22-10-4-1-5-11-22/h2-3,6-9,12H,1,4-5,10-11,13H2. The summed E-state index contributed by atoms with van der Waals surface area (Å²) in [5, 5.41) is 1.90. The average Bonchev–Trinajstić information content (AvgIpc) is 3.26. The lowest BCUT2D eigenvalue weighted by atomic mass is 10.1. The Kier molecular flexibility index (Phi) is 4.59. The number of thiophene rings is 1. The van der Waals surface area contributed by atoms with E-state index in [0.717, 1.165) is 37.2 Å². The van der Waals surface area contributed by atoms with Gasteiger partial charge in [-0.1, -0.05) is 24.3 Å². The molecule has 1 saturated heterocycles. The summed E-state index contributed by atoms with van der Waals surface area (Å²) in [6.07, 6.45) is 3.16. The van der Waals surface area contributed by atoms with E-state index in [1.807, 2.05) is 22.4 Å². The van der Waals surface area contributed by atoms with Gasteiger partial charge < -0.3 is 4.90 Å². The van der Waals surface area contributed by atoms with Gasteiger partial charge in [-0.05, 0) is 36.8 Å². The minimum atomic E-state index is -0.405. The van der Waals surface area contributed by atoms with Gasteiger partial charge in [-0.25, -0.2) is 4.39 Å². The molecule has 0 saturated carbocycles. The van der Waals surface area contributed by atoms with Crippen molar-refractivity contribution in [2.45, 2.75) is 25.8 Å². The Bertz CT molecular complexity index is 870. The van der Waals surface area contributed by atoms with E-state index in [4.69, 9.17) is 0 Å². The molecule has 0 N–H and O–H groups in total. The van der Waals surface area contributed by atoms with E-state index in [1.165, 1.54) is 22.3 Å². The first-order valence-electron chi connectivity index (χ1n) is 8.79. The second-order valence-electron chi connectivity index (χ2n) is 6.54. The van der Waals surface area contributed by atoms with Crippen molar-refractivity contribution in [1.82, 2.24) is 9.80 Å². The first kappa shape index (κ1) is 17.0. The fraction of sp³-hybridized carbons (Fsp3) is 0.300. The minimum absolute atomic E-state index is 0.0451. The predicted octanol–water partition coefficient (Wildman–Crippen LogP) is 3.65. The third kappa shape index (κ3) is 2.94. The second-order valence-corrected chi connectivity index (χ2v) is 7.48. The van der Waals surface area contributed by atoms with Crippen LogP contribution in [0.2, 0.25) is 0 Å². The lowest BCUT2D eigenvalue weighted by molar-refractivity contribution is -0.138. The van der Waals surface area contributed by atoms with E-state index in [-0.39, 0.29) is 18.4 Å². The van der Waals surface area contributed by atoms with Crippen LogP contribution >= 0.6 is 11.3 Å². The molecule has 1 aromatic carbocycles. The Balaban J connectivity index is 1.72. The Morgan fingerprint density at radius 2 is 1.73 bits per heavy atom. The van der Waals surface area contributed by atoms with Gasteiger partial charge in [-0.3, -0.25) is 14.5 Å². The summed E-state index contributed by atoms with van der Waals surface area (Å²) >= 11 is 1.45. The highest BCUT2D eigenvalue weighted by atomic mass is 32.1. The van der Waals surface area contributed by atoms with Gasteiger partial charge in [0.1, 0.15) is 11.5 Å². The maximum Gasteiger partial charge on any atom is 0.278 e. The number of benzene rings is 1. The maximum absolute atomic E-state index is 14.0. The van der Waals surface area contributed by atoms with Crippen LogP contribution in [0, 0.1) is 5.82 Å². The number of rotatable bonds is 4. The van der Waals surface area contributed by atoms with Crippen LogP contribution in [0.4, 0.5) is 4.39 Å². The molecule has 0 spiro atoms. The number of piperidine rings is 1. The fourth-order valence-corrected chi connectivity index (χ4v) is 4.32. The smallest absolute Gasteiger partial charge is 0.278 e. The zero-order chi connectivity index (χ0) is 18.1. The van der Waals surface area contributed by atoms with Gasteiger partial charge in [0.25, 0.3) is 11.8 Å².